The quantitative estimate of drug-likeness (QED) is 0.664. The molecule has 0 radical (unpaired) electrons. The van der Waals surface area contributed by atoms with Crippen molar-refractivity contribution in [3.8, 4) is 0 Å². The van der Waals surface area contributed by atoms with Crippen molar-refractivity contribution in [1.29, 1.82) is 0 Å². The van der Waals surface area contributed by atoms with Crippen molar-refractivity contribution >= 4 is 17.5 Å². The first-order valence-electron chi connectivity index (χ1n) is 6.21. The van der Waals surface area contributed by atoms with Gasteiger partial charge in [0, 0.05) is 31.5 Å². The minimum atomic E-state index is -0.717. The molecule has 1 aromatic rings. The van der Waals surface area contributed by atoms with E-state index in [1.807, 2.05) is 0 Å². The van der Waals surface area contributed by atoms with E-state index in [4.69, 9.17) is 5.73 Å². The Hall–Kier alpha value is -2.31. The fraction of sp³-hybridized carbons (Fsp3) is 0.462. The molecule has 7 nitrogen and oxygen atoms in total. The zero-order chi connectivity index (χ0) is 15.3. The molecule has 1 rings (SSSR count). The van der Waals surface area contributed by atoms with Crippen LogP contribution in [-0.4, -0.2) is 30.0 Å². The zero-order valence-electron chi connectivity index (χ0n) is 11.9. The molecule has 0 aliphatic carbocycles. The molecule has 0 aromatic carbocycles. The fourth-order valence-corrected chi connectivity index (χ4v) is 1.62. The van der Waals surface area contributed by atoms with Gasteiger partial charge in [0.25, 0.3) is 5.56 Å². The van der Waals surface area contributed by atoms with Gasteiger partial charge in [0.1, 0.15) is 6.54 Å². The highest BCUT2D eigenvalue weighted by molar-refractivity contribution is 5.83. The van der Waals surface area contributed by atoms with Crippen LogP contribution in [0.25, 0.3) is 0 Å². The van der Waals surface area contributed by atoms with Crippen molar-refractivity contribution in [1.82, 2.24) is 15.2 Å². The molecule has 0 fully saturated rings. The van der Waals surface area contributed by atoms with Crippen molar-refractivity contribution in [2.45, 2.75) is 20.4 Å². The number of hydrogen-bond acceptors (Lipinski definition) is 4. The van der Waals surface area contributed by atoms with E-state index in [1.165, 1.54) is 29.9 Å². The summed E-state index contributed by atoms with van der Waals surface area (Å²) in [5.41, 5.74) is 4.94. The van der Waals surface area contributed by atoms with Crippen LogP contribution in [0.15, 0.2) is 23.1 Å². The topological polar surface area (TPSA) is 106 Å². The van der Waals surface area contributed by atoms with Gasteiger partial charge in [-0.05, 0) is 19.9 Å². The minimum absolute atomic E-state index is 0.131. The summed E-state index contributed by atoms with van der Waals surface area (Å²) >= 11 is 0. The van der Waals surface area contributed by atoms with Crippen LogP contribution in [0.1, 0.15) is 13.8 Å². The van der Waals surface area contributed by atoms with Gasteiger partial charge in [-0.2, -0.15) is 0 Å². The molecular formula is C13H20N4O3. The molecule has 1 heterocycles. The third-order valence-electron chi connectivity index (χ3n) is 2.89. The second kappa shape index (κ2) is 6.23. The van der Waals surface area contributed by atoms with Crippen molar-refractivity contribution in [2.24, 2.45) is 5.41 Å². The molecule has 0 aliphatic heterocycles. The van der Waals surface area contributed by atoms with Crippen molar-refractivity contribution in [2.75, 3.05) is 19.3 Å². The lowest BCUT2D eigenvalue weighted by molar-refractivity contribution is -0.129. The number of nitrogens with two attached hydrogens (primary N) is 1. The minimum Gasteiger partial charge on any atom is -0.398 e. The SMILES string of the molecule is CNC(=O)C(C)(C)CNC(=O)Cn1cc(N)ccc1=O. The van der Waals surface area contributed by atoms with Crippen LogP contribution in [0.5, 0.6) is 0 Å². The molecule has 0 aliphatic rings. The van der Waals surface area contributed by atoms with Gasteiger partial charge >= 0.3 is 0 Å². The van der Waals surface area contributed by atoms with Crippen LogP contribution in [-0.2, 0) is 16.1 Å². The number of anilines is 1. The summed E-state index contributed by atoms with van der Waals surface area (Å²) in [6, 6.07) is 2.78. The lowest BCUT2D eigenvalue weighted by Gasteiger charge is -2.22. The Morgan fingerprint density at radius 2 is 2.00 bits per heavy atom. The average Bonchev–Trinajstić information content (AvgIpc) is 2.39. The smallest absolute Gasteiger partial charge is 0.251 e. The molecule has 1 aromatic heterocycles. The maximum absolute atomic E-state index is 11.8. The van der Waals surface area contributed by atoms with E-state index in [0.717, 1.165) is 0 Å². The van der Waals surface area contributed by atoms with Crippen LogP contribution >= 0.6 is 0 Å². The monoisotopic (exact) mass is 280 g/mol. The van der Waals surface area contributed by atoms with Crippen LogP contribution in [0.4, 0.5) is 5.69 Å². The van der Waals surface area contributed by atoms with Gasteiger partial charge in [0.15, 0.2) is 0 Å². The maximum atomic E-state index is 11.8. The maximum Gasteiger partial charge on any atom is 0.251 e. The second-order valence-corrected chi connectivity index (χ2v) is 5.17. The molecule has 0 bridgehead atoms. The van der Waals surface area contributed by atoms with Crippen molar-refractivity contribution in [3.05, 3.63) is 28.7 Å². The van der Waals surface area contributed by atoms with Gasteiger partial charge < -0.3 is 20.9 Å². The molecule has 110 valence electrons. The highest BCUT2D eigenvalue weighted by Gasteiger charge is 2.26. The van der Waals surface area contributed by atoms with E-state index in [0.29, 0.717) is 5.69 Å². The summed E-state index contributed by atoms with van der Waals surface area (Å²) in [5.74, 6) is -0.520. The fourth-order valence-electron chi connectivity index (χ4n) is 1.62. The van der Waals surface area contributed by atoms with Gasteiger partial charge in [-0.25, -0.2) is 0 Å². The van der Waals surface area contributed by atoms with Gasteiger partial charge in [-0.15, -0.1) is 0 Å². The number of pyridine rings is 1. The Bertz CT molecular complexity index is 563. The molecule has 20 heavy (non-hydrogen) atoms. The van der Waals surface area contributed by atoms with Gasteiger partial charge in [-0.1, -0.05) is 0 Å². The number of nitrogens with zero attached hydrogens (tertiary/aromatic N) is 1. The van der Waals surface area contributed by atoms with Crippen molar-refractivity contribution < 1.29 is 9.59 Å². The zero-order valence-corrected chi connectivity index (χ0v) is 11.9. The summed E-state index contributed by atoms with van der Waals surface area (Å²) in [6.45, 7) is 3.49. The Morgan fingerprint density at radius 3 is 2.60 bits per heavy atom. The first-order chi connectivity index (χ1) is 9.26. The average molecular weight is 280 g/mol. The number of rotatable bonds is 5. The second-order valence-electron chi connectivity index (χ2n) is 5.17. The molecule has 0 saturated heterocycles. The molecule has 4 N–H and O–H groups in total. The Balaban J connectivity index is 2.63. The predicted molar refractivity (Wildman–Crippen MR) is 76.0 cm³/mol. The normalized spacial score (nSPS) is 10.9. The van der Waals surface area contributed by atoms with E-state index in [-0.39, 0.29) is 30.5 Å². The number of nitrogen functional groups attached to an aromatic ring is 1. The van der Waals surface area contributed by atoms with Gasteiger partial charge in [0.2, 0.25) is 11.8 Å². The van der Waals surface area contributed by atoms with Crippen LogP contribution in [0.3, 0.4) is 0 Å². The largest absolute Gasteiger partial charge is 0.398 e. The van der Waals surface area contributed by atoms with Crippen molar-refractivity contribution in [3.63, 3.8) is 0 Å². The van der Waals surface area contributed by atoms with Crippen LogP contribution in [0.2, 0.25) is 0 Å². The molecule has 0 saturated carbocycles. The Kier molecular flexibility index (Phi) is 4.90. The molecule has 0 unspecified atom stereocenters. The molecule has 7 heteroatoms. The number of hydrogen-bond donors (Lipinski definition) is 3. The highest BCUT2D eigenvalue weighted by Crippen LogP contribution is 2.12. The van der Waals surface area contributed by atoms with Gasteiger partial charge in [0.05, 0.1) is 5.41 Å². The van der Waals surface area contributed by atoms with E-state index in [2.05, 4.69) is 10.6 Å². The number of amides is 2. The van der Waals surface area contributed by atoms with E-state index >= 15 is 0 Å². The number of aromatic nitrogens is 1. The lowest BCUT2D eigenvalue weighted by Crippen LogP contribution is -2.44. The van der Waals surface area contributed by atoms with Crippen LogP contribution < -0.4 is 21.9 Å². The third kappa shape index (κ3) is 4.11. The first kappa shape index (κ1) is 15.7. The van der Waals surface area contributed by atoms with E-state index in [1.54, 1.807) is 13.8 Å². The predicted octanol–water partition coefficient (Wildman–Crippen LogP) is -0.681. The molecule has 0 spiro atoms. The first-order valence-corrected chi connectivity index (χ1v) is 6.21. The van der Waals surface area contributed by atoms with Crippen LogP contribution in [0, 0.1) is 5.41 Å². The molecule has 2 amide bonds. The third-order valence-corrected chi connectivity index (χ3v) is 2.89. The summed E-state index contributed by atoms with van der Waals surface area (Å²) < 4.78 is 1.22. The summed E-state index contributed by atoms with van der Waals surface area (Å²) in [7, 11) is 1.54. The lowest BCUT2D eigenvalue weighted by atomic mass is 9.92. The van der Waals surface area contributed by atoms with E-state index < -0.39 is 5.41 Å². The Labute approximate surface area is 117 Å². The number of nitrogens with one attached hydrogen (secondary N) is 2. The Morgan fingerprint density at radius 1 is 1.35 bits per heavy atom. The number of carbonyl (C=O) groups excluding carboxylic acids is 2. The summed E-state index contributed by atoms with van der Waals surface area (Å²) in [6.07, 6.45) is 1.41. The standard InChI is InChI=1S/C13H20N4O3/c1-13(2,12(20)15-3)8-16-10(18)7-17-6-9(14)4-5-11(17)19/h4-6H,7-8,14H2,1-3H3,(H,15,20)(H,16,18). The molecular weight excluding hydrogens is 260 g/mol. The van der Waals surface area contributed by atoms with E-state index in [9.17, 15) is 14.4 Å². The van der Waals surface area contributed by atoms with Gasteiger partial charge in [-0.3, -0.25) is 14.4 Å². The number of carbonyl (C=O) groups is 2. The summed E-state index contributed by atoms with van der Waals surface area (Å²) in [5, 5.41) is 5.17. The summed E-state index contributed by atoms with van der Waals surface area (Å²) in [4.78, 5) is 34.9. The molecule has 0 atom stereocenters. The highest BCUT2D eigenvalue weighted by atomic mass is 16.2.